The van der Waals surface area contributed by atoms with Crippen molar-refractivity contribution in [2.24, 2.45) is 5.41 Å². The highest BCUT2D eigenvalue weighted by Crippen LogP contribution is 2.36. The van der Waals surface area contributed by atoms with Crippen molar-refractivity contribution in [1.29, 1.82) is 0 Å². The van der Waals surface area contributed by atoms with E-state index >= 15 is 0 Å². The highest BCUT2D eigenvalue weighted by molar-refractivity contribution is 6.02. The van der Waals surface area contributed by atoms with E-state index in [1.54, 1.807) is 40.1 Å². The van der Waals surface area contributed by atoms with E-state index in [9.17, 15) is 18.8 Å². The van der Waals surface area contributed by atoms with Gasteiger partial charge in [0.2, 0.25) is 18.5 Å². The smallest absolute Gasteiger partial charge is 0.431 e. The summed E-state index contributed by atoms with van der Waals surface area (Å²) in [4.78, 5) is 45.9. The van der Waals surface area contributed by atoms with Gasteiger partial charge in [-0.1, -0.05) is 65.8 Å². The minimum atomic E-state index is -1.38. The first kappa shape index (κ1) is 33.3. The number of ether oxygens (including phenoxy) is 3. The molecule has 0 N–H and O–H groups in total. The predicted molar refractivity (Wildman–Crippen MR) is 170 cm³/mol. The molecule has 0 unspecified atom stereocenters. The SMILES string of the molecule is CC(C)OC(=O)OCOC(=O)C1(C(=O)N(C)C)CCN(Cc2ccc(-c3noc(-c4ccc(-c5ccccc5)c(F)c4)n3)cc2)CC1. The van der Waals surface area contributed by atoms with Crippen LogP contribution in [-0.4, -0.2) is 78.1 Å². The Morgan fingerprint density at radius 1 is 0.936 bits per heavy atom. The van der Waals surface area contributed by atoms with Crippen LogP contribution in [0.2, 0.25) is 0 Å². The highest BCUT2D eigenvalue weighted by atomic mass is 19.1. The summed E-state index contributed by atoms with van der Waals surface area (Å²) in [7, 11) is 3.18. The van der Waals surface area contributed by atoms with Gasteiger partial charge in [-0.2, -0.15) is 4.98 Å². The van der Waals surface area contributed by atoms with Gasteiger partial charge < -0.3 is 23.6 Å². The lowest BCUT2D eigenvalue weighted by Crippen LogP contribution is -2.53. The molecule has 3 aromatic carbocycles. The maximum Gasteiger partial charge on any atom is 0.511 e. The molecule has 246 valence electrons. The fraction of sp³-hybridized carbons (Fsp3) is 0.343. The Morgan fingerprint density at radius 3 is 2.26 bits per heavy atom. The average molecular weight is 645 g/mol. The Balaban J connectivity index is 1.18. The normalized spacial score (nSPS) is 14.4. The zero-order chi connectivity index (χ0) is 33.6. The van der Waals surface area contributed by atoms with Gasteiger partial charge in [0, 0.05) is 50.4 Å². The van der Waals surface area contributed by atoms with Crippen LogP contribution in [0.4, 0.5) is 9.18 Å². The van der Waals surface area contributed by atoms with E-state index < -0.39 is 24.3 Å². The lowest BCUT2D eigenvalue weighted by molar-refractivity contribution is -0.175. The number of halogens is 1. The molecular weight excluding hydrogens is 607 g/mol. The molecular formula is C35H37FN4O7. The summed E-state index contributed by atoms with van der Waals surface area (Å²) in [6.45, 7) is 4.24. The van der Waals surface area contributed by atoms with Crippen LogP contribution in [0.3, 0.4) is 0 Å². The van der Waals surface area contributed by atoms with Gasteiger partial charge in [-0.05, 0) is 49.9 Å². The summed E-state index contributed by atoms with van der Waals surface area (Å²) in [5, 5.41) is 4.09. The van der Waals surface area contributed by atoms with Gasteiger partial charge in [-0.15, -0.1) is 0 Å². The molecule has 1 aliphatic rings. The van der Waals surface area contributed by atoms with Crippen molar-refractivity contribution in [2.45, 2.75) is 39.3 Å². The number of esters is 1. The van der Waals surface area contributed by atoms with E-state index in [1.165, 1.54) is 11.0 Å². The number of aromatic nitrogens is 2. The second kappa shape index (κ2) is 14.5. The molecule has 5 rings (SSSR count). The van der Waals surface area contributed by atoms with Gasteiger partial charge in [0.25, 0.3) is 5.89 Å². The first-order valence-electron chi connectivity index (χ1n) is 15.3. The number of amides is 1. The predicted octanol–water partition coefficient (Wildman–Crippen LogP) is 5.94. The summed E-state index contributed by atoms with van der Waals surface area (Å²) >= 11 is 0. The largest absolute Gasteiger partial charge is 0.511 e. The van der Waals surface area contributed by atoms with Gasteiger partial charge in [0.15, 0.2) is 0 Å². The first-order valence-corrected chi connectivity index (χ1v) is 15.3. The Bertz CT molecular complexity index is 1700. The molecule has 0 saturated carbocycles. The molecule has 47 heavy (non-hydrogen) atoms. The minimum absolute atomic E-state index is 0.215. The van der Waals surface area contributed by atoms with Crippen molar-refractivity contribution < 1.29 is 37.5 Å². The van der Waals surface area contributed by atoms with E-state index in [2.05, 4.69) is 15.0 Å². The number of piperidine rings is 1. The van der Waals surface area contributed by atoms with Crippen LogP contribution in [0.5, 0.6) is 0 Å². The summed E-state index contributed by atoms with van der Waals surface area (Å²) < 4.78 is 35.3. The zero-order valence-electron chi connectivity index (χ0n) is 26.8. The van der Waals surface area contributed by atoms with Crippen molar-refractivity contribution in [2.75, 3.05) is 34.0 Å². The highest BCUT2D eigenvalue weighted by Gasteiger charge is 2.50. The van der Waals surface area contributed by atoms with Crippen LogP contribution in [0.25, 0.3) is 34.0 Å². The number of hydrogen-bond acceptors (Lipinski definition) is 10. The number of carbonyl (C=O) groups is 3. The molecule has 1 saturated heterocycles. The Hall–Kier alpha value is -5.10. The third kappa shape index (κ3) is 7.83. The molecule has 11 nitrogen and oxygen atoms in total. The Morgan fingerprint density at radius 2 is 1.62 bits per heavy atom. The minimum Gasteiger partial charge on any atom is -0.431 e. The summed E-state index contributed by atoms with van der Waals surface area (Å²) in [6, 6.07) is 21.8. The molecule has 1 aromatic heterocycles. The maximum atomic E-state index is 14.9. The maximum absolute atomic E-state index is 14.9. The third-order valence-corrected chi connectivity index (χ3v) is 7.96. The number of benzene rings is 3. The van der Waals surface area contributed by atoms with Crippen LogP contribution >= 0.6 is 0 Å². The van der Waals surface area contributed by atoms with Gasteiger partial charge in [-0.3, -0.25) is 14.5 Å². The van der Waals surface area contributed by atoms with E-state index in [4.69, 9.17) is 18.7 Å². The Kier molecular flexibility index (Phi) is 10.3. The number of rotatable bonds is 10. The fourth-order valence-corrected chi connectivity index (χ4v) is 5.50. The van der Waals surface area contributed by atoms with Gasteiger partial charge in [0.05, 0.1) is 6.10 Å². The quantitative estimate of drug-likeness (QED) is 0.116. The van der Waals surface area contributed by atoms with Crippen molar-refractivity contribution in [3.8, 4) is 34.0 Å². The van der Waals surface area contributed by atoms with Crippen molar-refractivity contribution in [3.05, 3.63) is 84.2 Å². The average Bonchev–Trinajstić information content (AvgIpc) is 3.56. The van der Waals surface area contributed by atoms with E-state index in [0.717, 1.165) is 16.7 Å². The second-order valence-electron chi connectivity index (χ2n) is 11.8. The van der Waals surface area contributed by atoms with Gasteiger partial charge >= 0.3 is 12.1 Å². The van der Waals surface area contributed by atoms with Gasteiger partial charge in [-0.25, -0.2) is 9.18 Å². The van der Waals surface area contributed by atoms with Crippen LogP contribution in [-0.2, 0) is 30.3 Å². The third-order valence-electron chi connectivity index (χ3n) is 7.96. The second-order valence-corrected chi connectivity index (χ2v) is 11.8. The lowest BCUT2D eigenvalue weighted by atomic mass is 9.77. The van der Waals surface area contributed by atoms with E-state index in [0.29, 0.717) is 36.6 Å². The van der Waals surface area contributed by atoms with Crippen molar-refractivity contribution >= 4 is 18.0 Å². The van der Waals surface area contributed by atoms with E-state index in [1.807, 2.05) is 54.6 Å². The zero-order valence-corrected chi connectivity index (χ0v) is 26.8. The number of carbonyl (C=O) groups excluding carboxylic acids is 3. The number of hydrogen-bond donors (Lipinski definition) is 0. The molecule has 2 heterocycles. The molecule has 0 spiro atoms. The van der Waals surface area contributed by atoms with Crippen LogP contribution in [0.1, 0.15) is 32.3 Å². The number of likely N-dealkylation sites (tertiary alicyclic amines) is 1. The van der Waals surface area contributed by atoms with Crippen LogP contribution in [0, 0.1) is 11.2 Å². The standard InChI is InChI=1S/C35H37FN4O7/c1-23(2)46-34(43)45-22-44-33(42)35(32(41)39(3)4)16-18-40(19-17-35)21-24-10-12-26(13-11-24)30-37-31(47-38-30)27-14-15-28(29(36)20-27)25-8-6-5-7-9-25/h5-15,20,23H,16-19,21-22H2,1-4H3. The topological polar surface area (TPSA) is 124 Å². The van der Waals surface area contributed by atoms with Crippen LogP contribution in [0.15, 0.2) is 77.3 Å². The molecule has 0 bridgehead atoms. The molecule has 1 aliphatic heterocycles. The molecule has 1 fully saturated rings. The molecule has 0 radical (unpaired) electrons. The number of nitrogens with zero attached hydrogens (tertiary/aromatic N) is 4. The molecule has 1 amide bonds. The molecule has 0 atom stereocenters. The molecule has 0 aliphatic carbocycles. The van der Waals surface area contributed by atoms with E-state index in [-0.39, 0.29) is 36.6 Å². The summed E-state index contributed by atoms with van der Waals surface area (Å²) in [5.74, 6) is -0.873. The first-order chi connectivity index (χ1) is 22.6. The Labute approximate surface area is 272 Å². The van der Waals surface area contributed by atoms with Crippen LogP contribution < -0.4 is 0 Å². The van der Waals surface area contributed by atoms with Crippen molar-refractivity contribution in [1.82, 2.24) is 19.9 Å². The summed E-state index contributed by atoms with van der Waals surface area (Å²) in [6.07, 6.45) is -0.842. The van der Waals surface area contributed by atoms with Crippen molar-refractivity contribution in [3.63, 3.8) is 0 Å². The molecule has 4 aromatic rings. The molecule has 12 heteroatoms. The fourth-order valence-electron chi connectivity index (χ4n) is 5.50. The monoisotopic (exact) mass is 644 g/mol. The summed E-state index contributed by atoms with van der Waals surface area (Å²) in [5.41, 5.74) is 2.13. The lowest BCUT2D eigenvalue weighted by Gasteiger charge is -2.39. The van der Waals surface area contributed by atoms with Gasteiger partial charge in [0.1, 0.15) is 11.2 Å².